The topological polar surface area (TPSA) is 78.7 Å². The summed E-state index contributed by atoms with van der Waals surface area (Å²) in [5.41, 5.74) is 2.53. The second-order valence-corrected chi connectivity index (χ2v) is 6.24. The van der Waals surface area contributed by atoms with E-state index in [1.165, 1.54) is 11.1 Å². The summed E-state index contributed by atoms with van der Waals surface area (Å²) in [6.07, 6.45) is 1.59. The Labute approximate surface area is 155 Å². The van der Waals surface area contributed by atoms with Crippen molar-refractivity contribution in [2.24, 2.45) is 4.99 Å². The van der Waals surface area contributed by atoms with Crippen molar-refractivity contribution in [3.63, 3.8) is 0 Å². The molecule has 6 heteroatoms. The number of aliphatic imine (C=N–C) groups is 1. The number of nitrogens with zero attached hydrogens (tertiary/aromatic N) is 1. The molecule has 0 fully saturated rings. The lowest BCUT2D eigenvalue weighted by Crippen LogP contribution is -2.40. The first-order valence-electron chi connectivity index (χ1n) is 8.96. The molecule has 6 nitrogen and oxygen atoms in total. The molecule has 0 aliphatic heterocycles. The number of amides is 1. The van der Waals surface area contributed by atoms with Gasteiger partial charge in [-0.15, -0.1) is 0 Å². The molecule has 3 N–H and O–H groups in total. The van der Waals surface area contributed by atoms with Gasteiger partial charge in [0.1, 0.15) is 12.3 Å². The molecule has 2 rings (SSSR count). The van der Waals surface area contributed by atoms with Crippen LogP contribution in [0.1, 0.15) is 36.7 Å². The summed E-state index contributed by atoms with van der Waals surface area (Å²) < 4.78 is 5.19. The lowest BCUT2D eigenvalue weighted by molar-refractivity contribution is -0.119. The molecule has 1 amide bonds. The first-order valence-corrected chi connectivity index (χ1v) is 8.96. The Balaban J connectivity index is 1.81. The number of nitrogens with one attached hydrogen (secondary N) is 3. The molecule has 0 aliphatic rings. The molecule has 0 radical (unpaired) electrons. The van der Waals surface area contributed by atoms with Crippen LogP contribution in [0.3, 0.4) is 0 Å². The summed E-state index contributed by atoms with van der Waals surface area (Å²) in [7, 11) is 0. The SMILES string of the molecule is CCNC(=NCC(=O)NCc1ccco1)NCC(C)c1ccc(C)cc1. The van der Waals surface area contributed by atoms with Gasteiger partial charge in [-0.25, -0.2) is 4.99 Å². The highest BCUT2D eigenvalue weighted by molar-refractivity contribution is 5.84. The van der Waals surface area contributed by atoms with Gasteiger partial charge in [-0.3, -0.25) is 4.79 Å². The van der Waals surface area contributed by atoms with Gasteiger partial charge in [0.15, 0.2) is 5.96 Å². The number of benzene rings is 1. The molecule has 1 unspecified atom stereocenters. The third-order valence-corrected chi connectivity index (χ3v) is 3.99. The molecule has 2 aromatic rings. The zero-order valence-corrected chi connectivity index (χ0v) is 15.7. The highest BCUT2D eigenvalue weighted by Crippen LogP contribution is 2.14. The number of carbonyl (C=O) groups is 1. The average Bonchev–Trinajstić information content (AvgIpc) is 3.16. The van der Waals surface area contributed by atoms with Crippen molar-refractivity contribution in [2.45, 2.75) is 33.2 Å². The van der Waals surface area contributed by atoms with E-state index in [2.05, 4.69) is 59.1 Å². The van der Waals surface area contributed by atoms with E-state index >= 15 is 0 Å². The molecular weight excluding hydrogens is 328 g/mol. The first kappa shape index (κ1) is 19.6. The fourth-order valence-corrected chi connectivity index (χ4v) is 2.41. The number of hydrogen-bond acceptors (Lipinski definition) is 3. The number of rotatable bonds is 8. The Bertz CT molecular complexity index is 693. The average molecular weight is 356 g/mol. The van der Waals surface area contributed by atoms with Crippen LogP contribution < -0.4 is 16.0 Å². The lowest BCUT2D eigenvalue weighted by Gasteiger charge is -2.16. The Kier molecular flexibility index (Phi) is 7.74. The van der Waals surface area contributed by atoms with Gasteiger partial charge < -0.3 is 20.4 Å². The van der Waals surface area contributed by atoms with Crippen molar-refractivity contribution < 1.29 is 9.21 Å². The van der Waals surface area contributed by atoms with E-state index in [0.717, 1.165) is 18.8 Å². The third kappa shape index (κ3) is 6.63. The van der Waals surface area contributed by atoms with Crippen molar-refractivity contribution in [1.29, 1.82) is 0 Å². The van der Waals surface area contributed by atoms with Crippen molar-refractivity contribution in [3.8, 4) is 0 Å². The maximum atomic E-state index is 11.9. The van der Waals surface area contributed by atoms with Gasteiger partial charge in [0, 0.05) is 13.1 Å². The van der Waals surface area contributed by atoms with Crippen LogP contribution in [0.5, 0.6) is 0 Å². The molecular formula is C20H28N4O2. The number of carbonyl (C=O) groups excluding carboxylic acids is 1. The summed E-state index contributed by atoms with van der Waals surface area (Å²) >= 11 is 0. The van der Waals surface area contributed by atoms with E-state index in [1.54, 1.807) is 12.3 Å². The predicted octanol–water partition coefficient (Wildman–Crippen LogP) is 2.56. The van der Waals surface area contributed by atoms with E-state index in [4.69, 9.17) is 4.42 Å². The monoisotopic (exact) mass is 356 g/mol. The molecule has 0 spiro atoms. The van der Waals surface area contributed by atoms with Gasteiger partial charge in [0.05, 0.1) is 12.8 Å². The van der Waals surface area contributed by atoms with Crippen LogP contribution in [0.4, 0.5) is 0 Å². The Morgan fingerprint density at radius 1 is 1.15 bits per heavy atom. The van der Waals surface area contributed by atoms with Gasteiger partial charge >= 0.3 is 0 Å². The normalized spacial score (nSPS) is 12.5. The summed E-state index contributed by atoms with van der Waals surface area (Å²) in [5, 5.41) is 9.25. The quantitative estimate of drug-likeness (QED) is 0.502. The lowest BCUT2D eigenvalue weighted by atomic mass is 10.0. The predicted molar refractivity (Wildman–Crippen MR) is 104 cm³/mol. The molecule has 140 valence electrons. The molecule has 1 heterocycles. The second kappa shape index (κ2) is 10.3. The van der Waals surface area contributed by atoms with E-state index in [1.807, 2.05) is 13.0 Å². The highest BCUT2D eigenvalue weighted by atomic mass is 16.3. The fourth-order valence-electron chi connectivity index (χ4n) is 2.41. The van der Waals surface area contributed by atoms with E-state index in [-0.39, 0.29) is 12.5 Å². The van der Waals surface area contributed by atoms with Crippen molar-refractivity contribution in [3.05, 3.63) is 59.5 Å². The molecule has 26 heavy (non-hydrogen) atoms. The van der Waals surface area contributed by atoms with Crippen molar-refractivity contribution >= 4 is 11.9 Å². The Hall–Kier alpha value is -2.76. The third-order valence-electron chi connectivity index (χ3n) is 3.99. The molecule has 1 atom stereocenters. The van der Waals surface area contributed by atoms with Gasteiger partial charge in [0.25, 0.3) is 0 Å². The van der Waals surface area contributed by atoms with E-state index < -0.39 is 0 Å². The first-order chi connectivity index (χ1) is 12.6. The van der Waals surface area contributed by atoms with Crippen molar-refractivity contribution in [2.75, 3.05) is 19.6 Å². The molecule has 1 aromatic carbocycles. The summed E-state index contributed by atoms with van der Waals surface area (Å²) in [4.78, 5) is 16.3. The molecule has 0 saturated carbocycles. The van der Waals surface area contributed by atoms with Crippen LogP contribution >= 0.6 is 0 Å². The maximum Gasteiger partial charge on any atom is 0.242 e. The van der Waals surface area contributed by atoms with Gasteiger partial charge in [-0.2, -0.15) is 0 Å². The Morgan fingerprint density at radius 3 is 2.58 bits per heavy atom. The fraction of sp³-hybridized carbons (Fsp3) is 0.400. The smallest absolute Gasteiger partial charge is 0.242 e. The summed E-state index contributed by atoms with van der Waals surface area (Å²) in [5.74, 6) is 1.55. The molecule has 0 bridgehead atoms. The molecule has 0 aliphatic carbocycles. The van der Waals surface area contributed by atoms with Crippen LogP contribution in [-0.2, 0) is 11.3 Å². The molecule has 1 aromatic heterocycles. The van der Waals surface area contributed by atoms with E-state index in [9.17, 15) is 4.79 Å². The minimum absolute atomic E-state index is 0.0644. The van der Waals surface area contributed by atoms with Crippen LogP contribution in [0.2, 0.25) is 0 Å². The number of hydrogen-bond donors (Lipinski definition) is 3. The van der Waals surface area contributed by atoms with Gasteiger partial charge in [0.2, 0.25) is 5.91 Å². The van der Waals surface area contributed by atoms with Crippen molar-refractivity contribution in [1.82, 2.24) is 16.0 Å². The van der Waals surface area contributed by atoms with Gasteiger partial charge in [-0.1, -0.05) is 36.8 Å². The van der Waals surface area contributed by atoms with Crippen LogP contribution in [0.25, 0.3) is 0 Å². The zero-order chi connectivity index (χ0) is 18.8. The zero-order valence-electron chi connectivity index (χ0n) is 15.7. The number of guanidine groups is 1. The number of aryl methyl sites for hydroxylation is 1. The van der Waals surface area contributed by atoms with E-state index in [0.29, 0.717) is 18.4 Å². The second-order valence-electron chi connectivity index (χ2n) is 6.24. The van der Waals surface area contributed by atoms with Crippen LogP contribution in [0.15, 0.2) is 52.1 Å². The standard InChI is InChI=1S/C20H28N4O2/c1-4-21-20(23-12-16(3)17-9-7-15(2)8-10-17)24-14-19(25)22-13-18-6-5-11-26-18/h5-11,16H,4,12-14H2,1-3H3,(H,22,25)(H2,21,23,24). The molecule has 0 saturated heterocycles. The highest BCUT2D eigenvalue weighted by Gasteiger charge is 2.07. The summed E-state index contributed by atoms with van der Waals surface area (Å²) in [6.45, 7) is 8.15. The van der Waals surface area contributed by atoms with Crippen LogP contribution in [-0.4, -0.2) is 31.5 Å². The summed E-state index contributed by atoms with van der Waals surface area (Å²) in [6, 6.07) is 12.1. The number of furan rings is 1. The maximum absolute atomic E-state index is 11.9. The largest absolute Gasteiger partial charge is 0.467 e. The van der Waals surface area contributed by atoms with Crippen LogP contribution in [0, 0.1) is 6.92 Å². The van der Waals surface area contributed by atoms with Gasteiger partial charge in [-0.05, 0) is 37.5 Å². The Morgan fingerprint density at radius 2 is 1.92 bits per heavy atom. The minimum atomic E-state index is -0.148. The minimum Gasteiger partial charge on any atom is -0.467 e.